The topological polar surface area (TPSA) is 70.7 Å². The van der Waals surface area contributed by atoms with Crippen molar-refractivity contribution in [1.29, 1.82) is 0 Å². The van der Waals surface area contributed by atoms with Gasteiger partial charge in [-0.3, -0.25) is 10.1 Å². The second-order valence-electron chi connectivity index (χ2n) is 3.51. The molecular formula is C11H11ClN4OS. The van der Waals surface area contributed by atoms with Crippen LogP contribution in [0.3, 0.4) is 0 Å². The predicted octanol–water partition coefficient (Wildman–Crippen LogP) is 2.58. The van der Waals surface area contributed by atoms with Crippen LogP contribution in [0.5, 0.6) is 0 Å². The summed E-state index contributed by atoms with van der Waals surface area (Å²) in [5.74, 6) is 0.184. The molecule has 1 amide bonds. The molecule has 2 aromatic rings. The highest BCUT2D eigenvalue weighted by atomic mass is 35.5. The SMILES string of the molecule is CC(Sc1ccccc1Cl)C(=O)Nc1ncn[nH]1. The molecule has 0 fully saturated rings. The number of hydrogen-bond donors (Lipinski definition) is 2. The molecule has 1 aromatic heterocycles. The van der Waals surface area contributed by atoms with Gasteiger partial charge in [0.05, 0.1) is 10.3 Å². The number of rotatable bonds is 4. The Morgan fingerprint density at radius 1 is 1.50 bits per heavy atom. The molecule has 5 nitrogen and oxygen atoms in total. The van der Waals surface area contributed by atoms with Crippen molar-refractivity contribution in [3.8, 4) is 0 Å². The van der Waals surface area contributed by atoms with Gasteiger partial charge in [0.2, 0.25) is 11.9 Å². The van der Waals surface area contributed by atoms with Gasteiger partial charge in [-0.1, -0.05) is 23.7 Å². The van der Waals surface area contributed by atoms with Gasteiger partial charge >= 0.3 is 0 Å². The molecule has 7 heteroatoms. The fourth-order valence-corrected chi connectivity index (χ4v) is 2.42. The molecule has 0 saturated carbocycles. The quantitative estimate of drug-likeness (QED) is 0.846. The summed E-state index contributed by atoms with van der Waals surface area (Å²) in [4.78, 5) is 16.6. The van der Waals surface area contributed by atoms with Crippen molar-refractivity contribution in [2.75, 3.05) is 5.32 Å². The fourth-order valence-electron chi connectivity index (χ4n) is 1.27. The van der Waals surface area contributed by atoms with Crippen LogP contribution in [-0.4, -0.2) is 26.3 Å². The highest BCUT2D eigenvalue weighted by Crippen LogP contribution is 2.30. The predicted molar refractivity (Wildman–Crippen MR) is 71.8 cm³/mol. The first-order chi connectivity index (χ1) is 8.66. The second kappa shape index (κ2) is 5.88. The number of anilines is 1. The molecule has 0 radical (unpaired) electrons. The molecule has 2 rings (SSSR count). The van der Waals surface area contributed by atoms with Crippen LogP contribution in [0.1, 0.15) is 6.92 Å². The number of aromatic amines is 1. The number of halogens is 1. The fraction of sp³-hybridized carbons (Fsp3) is 0.182. The zero-order valence-electron chi connectivity index (χ0n) is 9.55. The van der Waals surface area contributed by atoms with Gasteiger partial charge < -0.3 is 0 Å². The molecule has 0 aliphatic heterocycles. The summed E-state index contributed by atoms with van der Waals surface area (Å²) in [5.41, 5.74) is 0. The zero-order chi connectivity index (χ0) is 13.0. The minimum absolute atomic E-state index is 0.156. The third-order valence-corrected chi connectivity index (χ3v) is 3.79. The minimum Gasteiger partial charge on any atom is -0.294 e. The van der Waals surface area contributed by atoms with Crippen LogP contribution in [0, 0.1) is 0 Å². The van der Waals surface area contributed by atoms with E-state index in [1.54, 1.807) is 13.0 Å². The lowest BCUT2D eigenvalue weighted by molar-refractivity contribution is -0.115. The molecule has 0 spiro atoms. The van der Waals surface area contributed by atoms with E-state index < -0.39 is 0 Å². The first-order valence-corrected chi connectivity index (χ1v) is 6.50. The second-order valence-corrected chi connectivity index (χ2v) is 5.30. The van der Waals surface area contributed by atoms with E-state index in [4.69, 9.17) is 11.6 Å². The minimum atomic E-state index is -0.282. The maximum atomic E-state index is 11.9. The summed E-state index contributed by atoms with van der Waals surface area (Å²) >= 11 is 7.43. The molecule has 94 valence electrons. The summed E-state index contributed by atoms with van der Waals surface area (Å²) in [7, 11) is 0. The van der Waals surface area contributed by atoms with Gasteiger partial charge in [-0.2, -0.15) is 10.1 Å². The number of nitrogens with one attached hydrogen (secondary N) is 2. The molecule has 0 aliphatic carbocycles. The van der Waals surface area contributed by atoms with Gasteiger partial charge in [0.15, 0.2) is 0 Å². The van der Waals surface area contributed by atoms with Gasteiger partial charge in [-0.25, -0.2) is 5.10 Å². The lowest BCUT2D eigenvalue weighted by Gasteiger charge is -2.11. The van der Waals surface area contributed by atoms with Crippen LogP contribution in [0.2, 0.25) is 5.02 Å². The van der Waals surface area contributed by atoms with E-state index in [1.165, 1.54) is 18.1 Å². The number of carbonyl (C=O) groups is 1. The number of nitrogens with zero attached hydrogens (tertiary/aromatic N) is 2. The number of hydrogen-bond acceptors (Lipinski definition) is 4. The molecule has 18 heavy (non-hydrogen) atoms. The van der Waals surface area contributed by atoms with Crippen LogP contribution in [0.25, 0.3) is 0 Å². The standard InChI is InChI=1S/C11H11ClN4OS/c1-7(10(17)15-11-13-6-14-16-11)18-9-5-3-2-4-8(9)12/h2-7H,1H3,(H2,13,14,15,16,17). The third-order valence-electron chi connectivity index (χ3n) is 2.17. The molecule has 2 N–H and O–H groups in total. The molecule has 1 atom stereocenters. The lowest BCUT2D eigenvalue weighted by Crippen LogP contribution is -2.23. The van der Waals surface area contributed by atoms with Crippen LogP contribution < -0.4 is 5.32 Å². The van der Waals surface area contributed by atoms with Gasteiger partial charge in [0, 0.05) is 4.90 Å². The first kappa shape index (κ1) is 12.9. The Kier molecular flexibility index (Phi) is 4.22. The van der Waals surface area contributed by atoms with E-state index in [2.05, 4.69) is 20.5 Å². The van der Waals surface area contributed by atoms with E-state index in [-0.39, 0.29) is 11.2 Å². The number of H-pyrrole nitrogens is 1. The Hall–Kier alpha value is -1.53. The summed E-state index contributed by atoms with van der Waals surface area (Å²) in [6.45, 7) is 1.81. The first-order valence-electron chi connectivity index (χ1n) is 5.24. The highest BCUT2D eigenvalue weighted by Gasteiger charge is 2.16. The van der Waals surface area contributed by atoms with E-state index >= 15 is 0 Å². The maximum absolute atomic E-state index is 11.9. The van der Waals surface area contributed by atoms with Crippen LogP contribution in [0.15, 0.2) is 35.5 Å². The van der Waals surface area contributed by atoms with Crippen molar-refractivity contribution in [2.45, 2.75) is 17.1 Å². The Bertz CT molecular complexity index is 532. The van der Waals surface area contributed by atoms with Gasteiger partial charge in [-0.05, 0) is 19.1 Å². The lowest BCUT2D eigenvalue weighted by atomic mass is 10.4. The number of benzene rings is 1. The van der Waals surface area contributed by atoms with Crippen molar-refractivity contribution < 1.29 is 4.79 Å². The Morgan fingerprint density at radius 3 is 2.94 bits per heavy atom. The van der Waals surface area contributed by atoms with E-state index in [0.29, 0.717) is 11.0 Å². The van der Waals surface area contributed by atoms with Gasteiger partial charge in [0.1, 0.15) is 6.33 Å². The largest absolute Gasteiger partial charge is 0.294 e. The monoisotopic (exact) mass is 282 g/mol. The zero-order valence-corrected chi connectivity index (χ0v) is 11.1. The van der Waals surface area contributed by atoms with E-state index in [0.717, 1.165) is 4.90 Å². The van der Waals surface area contributed by atoms with Crippen molar-refractivity contribution in [2.24, 2.45) is 0 Å². The Morgan fingerprint density at radius 2 is 2.28 bits per heavy atom. The van der Waals surface area contributed by atoms with E-state index in [9.17, 15) is 4.79 Å². The number of carbonyl (C=O) groups excluding carboxylic acids is 1. The van der Waals surface area contributed by atoms with E-state index in [1.807, 2.05) is 18.2 Å². The molecule has 0 saturated heterocycles. The van der Waals surface area contributed by atoms with Gasteiger partial charge in [0.25, 0.3) is 0 Å². The molecule has 0 bridgehead atoms. The molecule has 0 aliphatic rings. The molecule has 1 aromatic carbocycles. The summed E-state index contributed by atoms with van der Waals surface area (Å²) in [6, 6.07) is 7.41. The number of aromatic nitrogens is 3. The molecule has 1 unspecified atom stereocenters. The summed E-state index contributed by atoms with van der Waals surface area (Å²) in [5, 5.41) is 9.21. The van der Waals surface area contributed by atoms with Gasteiger partial charge in [-0.15, -0.1) is 11.8 Å². The van der Waals surface area contributed by atoms with Crippen molar-refractivity contribution in [3.05, 3.63) is 35.6 Å². The molecular weight excluding hydrogens is 272 g/mol. The van der Waals surface area contributed by atoms with Crippen LogP contribution >= 0.6 is 23.4 Å². The average Bonchev–Trinajstić information content (AvgIpc) is 2.84. The Labute approximate surface area is 113 Å². The van der Waals surface area contributed by atoms with Crippen molar-refractivity contribution in [3.63, 3.8) is 0 Å². The smallest absolute Gasteiger partial charge is 0.239 e. The summed E-state index contributed by atoms with van der Waals surface area (Å²) in [6.07, 6.45) is 1.33. The van der Waals surface area contributed by atoms with Crippen molar-refractivity contribution >= 4 is 35.2 Å². The van der Waals surface area contributed by atoms with Crippen LogP contribution in [-0.2, 0) is 4.79 Å². The molecule has 1 heterocycles. The maximum Gasteiger partial charge on any atom is 0.239 e. The number of thioether (sulfide) groups is 1. The van der Waals surface area contributed by atoms with Crippen molar-refractivity contribution in [1.82, 2.24) is 15.2 Å². The third kappa shape index (κ3) is 3.24. The average molecular weight is 283 g/mol. The van der Waals surface area contributed by atoms with Crippen LogP contribution in [0.4, 0.5) is 5.95 Å². The number of amides is 1. The Balaban J connectivity index is 1.97. The normalized spacial score (nSPS) is 12.1. The summed E-state index contributed by atoms with van der Waals surface area (Å²) < 4.78 is 0. The highest BCUT2D eigenvalue weighted by molar-refractivity contribution is 8.00.